The zero-order valence-corrected chi connectivity index (χ0v) is 15.5. The van der Waals surface area contributed by atoms with Crippen LogP contribution < -0.4 is 10.9 Å². The van der Waals surface area contributed by atoms with Crippen molar-refractivity contribution in [3.05, 3.63) is 83.1 Å². The first-order valence-corrected chi connectivity index (χ1v) is 9.42. The van der Waals surface area contributed by atoms with Gasteiger partial charge in [0.25, 0.3) is 5.91 Å². The Balaban J connectivity index is 1.36. The van der Waals surface area contributed by atoms with Gasteiger partial charge in [0.15, 0.2) is 0 Å². The molecule has 4 aromatic rings. The van der Waals surface area contributed by atoms with E-state index in [-0.39, 0.29) is 18.1 Å². The minimum absolute atomic E-state index is 0.148. The van der Waals surface area contributed by atoms with Gasteiger partial charge in [-0.1, -0.05) is 30.3 Å². The van der Waals surface area contributed by atoms with Crippen molar-refractivity contribution in [3.63, 3.8) is 0 Å². The van der Waals surface area contributed by atoms with Gasteiger partial charge in [0, 0.05) is 22.0 Å². The monoisotopic (exact) mass is 393 g/mol. The van der Waals surface area contributed by atoms with Crippen molar-refractivity contribution >= 4 is 34.1 Å². The van der Waals surface area contributed by atoms with E-state index in [0.717, 1.165) is 26.9 Å². The molecular formula is C21H16FN3O2S. The maximum absolute atomic E-state index is 13.0. The van der Waals surface area contributed by atoms with Crippen molar-refractivity contribution in [2.24, 2.45) is 0 Å². The van der Waals surface area contributed by atoms with Gasteiger partial charge in [0.05, 0.1) is 11.3 Å². The van der Waals surface area contributed by atoms with Crippen LogP contribution in [-0.2, 0) is 11.2 Å². The molecule has 2 amide bonds. The van der Waals surface area contributed by atoms with Crippen LogP contribution in [0.15, 0.2) is 66.9 Å². The highest BCUT2D eigenvalue weighted by atomic mass is 32.1. The van der Waals surface area contributed by atoms with Crippen LogP contribution in [0.2, 0.25) is 0 Å². The maximum atomic E-state index is 13.0. The Hall–Kier alpha value is -3.45. The van der Waals surface area contributed by atoms with Crippen LogP contribution in [-0.4, -0.2) is 16.8 Å². The van der Waals surface area contributed by atoms with Gasteiger partial charge in [-0.25, -0.2) is 4.39 Å². The highest BCUT2D eigenvalue weighted by Gasteiger charge is 2.13. The molecule has 140 valence electrons. The molecule has 7 heteroatoms. The van der Waals surface area contributed by atoms with Crippen molar-refractivity contribution in [1.29, 1.82) is 0 Å². The molecule has 2 heterocycles. The second kappa shape index (κ2) is 7.66. The Morgan fingerprint density at radius 3 is 2.57 bits per heavy atom. The third-order valence-electron chi connectivity index (χ3n) is 4.30. The van der Waals surface area contributed by atoms with E-state index in [2.05, 4.69) is 15.8 Å². The molecule has 4 rings (SSSR count). The van der Waals surface area contributed by atoms with Crippen molar-refractivity contribution in [1.82, 2.24) is 15.8 Å². The SMILES string of the molecule is O=C(Cc1c[nH]c2ccccc12)NNC(=O)c1ccc(-c2ccc(F)cc2)s1. The fourth-order valence-electron chi connectivity index (χ4n) is 2.91. The number of rotatable bonds is 4. The third kappa shape index (κ3) is 3.79. The summed E-state index contributed by atoms with van der Waals surface area (Å²) in [6.45, 7) is 0. The fourth-order valence-corrected chi connectivity index (χ4v) is 3.82. The number of carbonyl (C=O) groups is 2. The molecule has 2 aromatic carbocycles. The first-order valence-electron chi connectivity index (χ1n) is 8.60. The predicted octanol–water partition coefficient (Wildman–Crippen LogP) is 4.04. The summed E-state index contributed by atoms with van der Waals surface area (Å²) in [5.74, 6) is -1.02. The summed E-state index contributed by atoms with van der Waals surface area (Å²) in [4.78, 5) is 28.9. The van der Waals surface area contributed by atoms with Gasteiger partial charge < -0.3 is 4.98 Å². The number of nitrogens with one attached hydrogen (secondary N) is 3. The van der Waals surface area contributed by atoms with Gasteiger partial charge in [0.2, 0.25) is 5.91 Å². The lowest BCUT2D eigenvalue weighted by molar-refractivity contribution is -0.121. The molecule has 0 bridgehead atoms. The molecule has 0 radical (unpaired) electrons. The molecule has 0 fully saturated rings. The molecule has 0 saturated carbocycles. The number of H-pyrrole nitrogens is 1. The summed E-state index contributed by atoms with van der Waals surface area (Å²) in [5, 5.41) is 0.978. The second-order valence-corrected chi connectivity index (χ2v) is 7.29. The van der Waals surface area contributed by atoms with Crippen LogP contribution in [0.5, 0.6) is 0 Å². The van der Waals surface area contributed by atoms with E-state index in [9.17, 15) is 14.0 Å². The van der Waals surface area contributed by atoms with Gasteiger partial charge in [-0.3, -0.25) is 20.4 Å². The largest absolute Gasteiger partial charge is 0.361 e. The van der Waals surface area contributed by atoms with Gasteiger partial charge in [-0.2, -0.15) is 0 Å². The first kappa shape index (κ1) is 17.9. The summed E-state index contributed by atoms with van der Waals surface area (Å²) in [5.41, 5.74) is 7.53. The molecule has 0 atom stereocenters. The van der Waals surface area contributed by atoms with E-state index in [0.29, 0.717) is 4.88 Å². The summed E-state index contributed by atoms with van der Waals surface area (Å²) in [7, 11) is 0. The van der Waals surface area contributed by atoms with E-state index in [4.69, 9.17) is 0 Å². The Morgan fingerprint density at radius 2 is 1.75 bits per heavy atom. The molecule has 28 heavy (non-hydrogen) atoms. The zero-order chi connectivity index (χ0) is 19.5. The second-order valence-electron chi connectivity index (χ2n) is 6.21. The molecule has 2 aromatic heterocycles. The highest BCUT2D eigenvalue weighted by molar-refractivity contribution is 7.17. The van der Waals surface area contributed by atoms with Crippen LogP contribution >= 0.6 is 11.3 Å². The molecule has 0 aliphatic rings. The molecule has 0 aliphatic heterocycles. The van der Waals surface area contributed by atoms with Crippen LogP contribution in [0.1, 0.15) is 15.2 Å². The molecule has 0 aliphatic carbocycles. The summed E-state index contributed by atoms with van der Waals surface area (Å²) in [6.07, 6.45) is 1.94. The number of thiophene rings is 1. The minimum atomic E-state index is -0.398. The van der Waals surface area contributed by atoms with E-state index in [1.165, 1.54) is 23.5 Å². The number of hydrazine groups is 1. The predicted molar refractivity (Wildman–Crippen MR) is 107 cm³/mol. The number of aromatic nitrogens is 1. The number of hydrogen-bond donors (Lipinski definition) is 3. The lowest BCUT2D eigenvalue weighted by atomic mass is 10.1. The van der Waals surface area contributed by atoms with Gasteiger partial charge in [-0.05, 0) is 41.5 Å². The van der Waals surface area contributed by atoms with E-state index in [1.54, 1.807) is 30.5 Å². The maximum Gasteiger partial charge on any atom is 0.279 e. The van der Waals surface area contributed by atoms with Crippen LogP contribution in [0.3, 0.4) is 0 Å². The fraction of sp³-hybridized carbons (Fsp3) is 0.0476. The Bertz CT molecular complexity index is 1150. The van der Waals surface area contributed by atoms with Gasteiger partial charge in [-0.15, -0.1) is 11.3 Å². The van der Waals surface area contributed by atoms with Gasteiger partial charge >= 0.3 is 0 Å². The molecule has 0 saturated heterocycles. The normalized spacial score (nSPS) is 10.8. The average molecular weight is 393 g/mol. The lowest BCUT2D eigenvalue weighted by Gasteiger charge is -2.06. The molecule has 3 N–H and O–H groups in total. The number of halogens is 1. The molecule has 5 nitrogen and oxygen atoms in total. The number of benzene rings is 2. The van der Waals surface area contributed by atoms with Crippen LogP contribution in [0.4, 0.5) is 4.39 Å². The van der Waals surface area contributed by atoms with Crippen LogP contribution in [0.25, 0.3) is 21.3 Å². The molecule has 0 unspecified atom stereocenters. The minimum Gasteiger partial charge on any atom is -0.361 e. The summed E-state index contributed by atoms with van der Waals surface area (Å²) >= 11 is 1.27. The number of carbonyl (C=O) groups excluding carboxylic acids is 2. The van der Waals surface area contributed by atoms with E-state index < -0.39 is 5.91 Å². The lowest BCUT2D eigenvalue weighted by Crippen LogP contribution is -2.42. The summed E-state index contributed by atoms with van der Waals surface area (Å²) < 4.78 is 13.0. The Kier molecular flexibility index (Phi) is 4.90. The van der Waals surface area contributed by atoms with Crippen molar-refractivity contribution in [3.8, 4) is 10.4 Å². The Morgan fingerprint density at radius 1 is 0.964 bits per heavy atom. The third-order valence-corrected chi connectivity index (χ3v) is 5.43. The smallest absolute Gasteiger partial charge is 0.279 e. The quantitative estimate of drug-likeness (QED) is 0.458. The number of hydrogen-bond acceptors (Lipinski definition) is 3. The average Bonchev–Trinajstić information content (AvgIpc) is 3.35. The topological polar surface area (TPSA) is 74.0 Å². The number of fused-ring (bicyclic) bond motifs is 1. The summed E-state index contributed by atoms with van der Waals surface area (Å²) in [6, 6.07) is 17.2. The van der Waals surface area contributed by atoms with E-state index >= 15 is 0 Å². The van der Waals surface area contributed by atoms with Crippen LogP contribution in [0, 0.1) is 5.82 Å². The molecular weight excluding hydrogens is 377 g/mol. The number of aromatic amines is 1. The first-order chi connectivity index (χ1) is 13.6. The van der Waals surface area contributed by atoms with Crippen molar-refractivity contribution in [2.45, 2.75) is 6.42 Å². The molecule has 0 spiro atoms. The standard InChI is InChI=1S/C21H16FN3O2S/c22-15-7-5-13(6-8-15)18-9-10-19(28-18)21(27)25-24-20(26)11-14-12-23-17-4-2-1-3-16(14)17/h1-10,12,23H,11H2,(H,24,26)(H,25,27). The van der Waals surface area contributed by atoms with E-state index in [1.807, 2.05) is 24.3 Å². The number of para-hydroxylation sites is 1. The number of amides is 2. The van der Waals surface area contributed by atoms with Crippen molar-refractivity contribution < 1.29 is 14.0 Å². The van der Waals surface area contributed by atoms with Crippen molar-refractivity contribution in [2.75, 3.05) is 0 Å². The Labute approximate surface area is 164 Å². The highest BCUT2D eigenvalue weighted by Crippen LogP contribution is 2.28. The van der Waals surface area contributed by atoms with Gasteiger partial charge in [0.1, 0.15) is 5.82 Å². The zero-order valence-electron chi connectivity index (χ0n) is 14.7.